The maximum atomic E-state index is 12.9. The van der Waals surface area contributed by atoms with Gasteiger partial charge in [-0.05, 0) is 30.7 Å². The minimum Gasteiger partial charge on any atom is -0.497 e. The highest BCUT2D eigenvalue weighted by Crippen LogP contribution is 2.34. The van der Waals surface area contributed by atoms with Crippen LogP contribution in [0.4, 0.5) is 0 Å². The molecule has 146 valence electrons. The molecule has 5 heteroatoms. The Hall–Kier alpha value is -3.08. The summed E-state index contributed by atoms with van der Waals surface area (Å²) in [6.07, 6.45) is 3.20. The molecule has 28 heavy (non-hydrogen) atoms. The first kappa shape index (κ1) is 19.7. The second-order valence-electron chi connectivity index (χ2n) is 6.60. The average molecular weight is 378 g/mol. The lowest BCUT2D eigenvalue weighted by molar-refractivity contribution is 0.0954. The summed E-state index contributed by atoms with van der Waals surface area (Å²) < 4.78 is 10.8. The number of fused-ring (bicyclic) bond motifs is 1. The Morgan fingerprint density at radius 1 is 1.04 bits per heavy atom. The first-order valence-electron chi connectivity index (χ1n) is 9.58. The number of unbranched alkanes of at least 4 members (excludes halogenated alkanes) is 2. The zero-order valence-electron chi connectivity index (χ0n) is 16.6. The Bertz CT molecular complexity index is 969. The molecule has 3 rings (SSSR count). The predicted octanol–water partition coefficient (Wildman–Crippen LogP) is 4.84. The molecule has 0 aliphatic heterocycles. The predicted molar refractivity (Wildman–Crippen MR) is 112 cm³/mol. The standard InChI is InChI=1S/C23H26N2O3/c1-4-5-8-13-24-23(26)19-15-21(25-20-10-7-6-9-17(19)20)18-12-11-16(27-2)14-22(18)28-3/h6-7,9-12,14-15H,4-5,8,13H2,1-3H3,(H,24,26). The molecule has 1 aromatic heterocycles. The van der Waals surface area contributed by atoms with E-state index in [1.807, 2.05) is 48.5 Å². The third-order valence-electron chi connectivity index (χ3n) is 4.71. The van der Waals surface area contributed by atoms with Crippen LogP contribution >= 0.6 is 0 Å². The van der Waals surface area contributed by atoms with Crippen LogP contribution in [0.25, 0.3) is 22.2 Å². The third-order valence-corrected chi connectivity index (χ3v) is 4.71. The molecule has 0 aliphatic rings. The monoisotopic (exact) mass is 378 g/mol. The van der Waals surface area contributed by atoms with Crippen molar-refractivity contribution in [2.24, 2.45) is 0 Å². The van der Waals surface area contributed by atoms with Crippen LogP contribution in [0, 0.1) is 0 Å². The lowest BCUT2D eigenvalue weighted by Gasteiger charge is -2.13. The fourth-order valence-corrected chi connectivity index (χ4v) is 3.18. The maximum Gasteiger partial charge on any atom is 0.252 e. The number of carbonyl (C=O) groups excluding carboxylic acids is 1. The minimum absolute atomic E-state index is 0.0802. The van der Waals surface area contributed by atoms with Crippen LogP contribution in [0.15, 0.2) is 48.5 Å². The Kier molecular flexibility index (Phi) is 6.48. The largest absolute Gasteiger partial charge is 0.497 e. The zero-order valence-corrected chi connectivity index (χ0v) is 16.6. The zero-order chi connectivity index (χ0) is 19.9. The SMILES string of the molecule is CCCCCNC(=O)c1cc(-c2ccc(OC)cc2OC)nc2ccccc12. The summed E-state index contributed by atoms with van der Waals surface area (Å²) in [4.78, 5) is 17.6. The van der Waals surface area contributed by atoms with Gasteiger partial charge in [-0.2, -0.15) is 0 Å². The number of ether oxygens (including phenoxy) is 2. The smallest absolute Gasteiger partial charge is 0.252 e. The van der Waals surface area contributed by atoms with Crippen molar-refractivity contribution in [2.45, 2.75) is 26.2 Å². The number of benzene rings is 2. The number of aromatic nitrogens is 1. The molecule has 0 unspecified atom stereocenters. The van der Waals surface area contributed by atoms with Crippen LogP contribution in [0.1, 0.15) is 36.5 Å². The van der Waals surface area contributed by atoms with E-state index in [0.717, 1.165) is 35.7 Å². The van der Waals surface area contributed by atoms with Gasteiger partial charge < -0.3 is 14.8 Å². The Morgan fingerprint density at radius 2 is 1.86 bits per heavy atom. The molecule has 0 radical (unpaired) electrons. The first-order valence-corrected chi connectivity index (χ1v) is 9.58. The molecule has 0 aliphatic carbocycles. The van der Waals surface area contributed by atoms with Gasteiger partial charge in [-0.3, -0.25) is 4.79 Å². The van der Waals surface area contributed by atoms with Crippen molar-refractivity contribution in [2.75, 3.05) is 20.8 Å². The lowest BCUT2D eigenvalue weighted by atomic mass is 10.0. The van der Waals surface area contributed by atoms with Crippen LogP contribution in [0.2, 0.25) is 0 Å². The number of hydrogen-bond donors (Lipinski definition) is 1. The molecule has 0 saturated carbocycles. The van der Waals surface area contributed by atoms with Gasteiger partial charge in [0.05, 0.1) is 31.0 Å². The fourth-order valence-electron chi connectivity index (χ4n) is 3.18. The number of methoxy groups -OCH3 is 2. The second kappa shape index (κ2) is 9.22. The molecule has 3 aromatic rings. The van der Waals surface area contributed by atoms with Gasteiger partial charge in [0.15, 0.2) is 0 Å². The fraction of sp³-hybridized carbons (Fsp3) is 0.304. The first-order chi connectivity index (χ1) is 13.7. The highest BCUT2D eigenvalue weighted by molar-refractivity contribution is 6.07. The lowest BCUT2D eigenvalue weighted by Crippen LogP contribution is -2.24. The molecule has 0 bridgehead atoms. The summed E-state index contributed by atoms with van der Waals surface area (Å²) in [6.45, 7) is 2.82. The summed E-state index contributed by atoms with van der Waals surface area (Å²) in [7, 11) is 3.23. The highest BCUT2D eigenvalue weighted by atomic mass is 16.5. The van der Waals surface area contributed by atoms with Crippen molar-refractivity contribution in [1.29, 1.82) is 0 Å². The number of nitrogens with zero attached hydrogens (tertiary/aromatic N) is 1. The van der Waals surface area contributed by atoms with E-state index in [1.165, 1.54) is 0 Å². The third kappa shape index (κ3) is 4.25. The van der Waals surface area contributed by atoms with Gasteiger partial charge in [0.1, 0.15) is 11.5 Å². The second-order valence-corrected chi connectivity index (χ2v) is 6.60. The van der Waals surface area contributed by atoms with E-state index < -0.39 is 0 Å². The normalized spacial score (nSPS) is 10.7. The van der Waals surface area contributed by atoms with Crippen molar-refractivity contribution >= 4 is 16.8 Å². The van der Waals surface area contributed by atoms with Crippen molar-refractivity contribution in [3.05, 3.63) is 54.1 Å². The van der Waals surface area contributed by atoms with Gasteiger partial charge in [-0.25, -0.2) is 4.98 Å². The number of nitrogens with one attached hydrogen (secondary N) is 1. The van der Waals surface area contributed by atoms with Crippen LogP contribution in [0.3, 0.4) is 0 Å². The van der Waals surface area contributed by atoms with Gasteiger partial charge in [0.25, 0.3) is 5.91 Å². The van der Waals surface area contributed by atoms with E-state index in [-0.39, 0.29) is 5.91 Å². The average Bonchev–Trinajstić information content (AvgIpc) is 2.75. The molecule has 1 amide bonds. The van der Waals surface area contributed by atoms with E-state index in [2.05, 4.69) is 12.2 Å². The Labute approximate surface area is 165 Å². The van der Waals surface area contributed by atoms with Gasteiger partial charge >= 0.3 is 0 Å². The maximum absolute atomic E-state index is 12.9. The van der Waals surface area contributed by atoms with Crippen molar-refractivity contribution < 1.29 is 14.3 Å². The molecule has 1 heterocycles. The summed E-state index contributed by atoms with van der Waals surface area (Å²) in [5, 5.41) is 3.87. The summed E-state index contributed by atoms with van der Waals surface area (Å²) in [5.41, 5.74) is 2.90. The van der Waals surface area contributed by atoms with Crippen LogP contribution in [-0.2, 0) is 0 Å². The van der Waals surface area contributed by atoms with Crippen LogP contribution in [0.5, 0.6) is 11.5 Å². The van der Waals surface area contributed by atoms with Crippen LogP contribution in [-0.4, -0.2) is 31.7 Å². The molecule has 0 fully saturated rings. The molecule has 0 saturated heterocycles. The van der Waals surface area contributed by atoms with E-state index in [0.29, 0.717) is 29.3 Å². The molecule has 2 aromatic carbocycles. The van der Waals surface area contributed by atoms with Gasteiger partial charge in [0, 0.05) is 23.6 Å². The molecular formula is C23H26N2O3. The quantitative estimate of drug-likeness (QED) is 0.570. The number of hydrogen-bond acceptors (Lipinski definition) is 4. The van der Waals surface area contributed by atoms with Crippen LogP contribution < -0.4 is 14.8 Å². The Morgan fingerprint density at radius 3 is 2.61 bits per heavy atom. The molecule has 1 N–H and O–H groups in total. The van der Waals surface area contributed by atoms with Crippen molar-refractivity contribution in [3.8, 4) is 22.8 Å². The van der Waals surface area contributed by atoms with E-state index in [9.17, 15) is 4.79 Å². The van der Waals surface area contributed by atoms with Gasteiger partial charge in [0.2, 0.25) is 0 Å². The van der Waals surface area contributed by atoms with Crippen molar-refractivity contribution in [3.63, 3.8) is 0 Å². The molecule has 0 spiro atoms. The number of rotatable bonds is 8. The van der Waals surface area contributed by atoms with Crippen molar-refractivity contribution in [1.82, 2.24) is 10.3 Å². The van der Waals surface area contributed by atoms with Gasteiger partial charge in [-0.15, -0.1) is 0 Å². The number of amides is 1. The summed E-state index contributed by atoms with van der Waals surface area (Å²) in [6, 6.07) is 15.1. The Balaban J connectivity index is 2.04. The number of para-hydroxylation sites is 1. The van der Waals surface area contributed by atoms with E-state index >= 15 is 0 Å². The minimum atomic E-state index is -0.0802. The summed E-state index contributed by atoms with van der Waals surface area (Å²) >= 11 is 0. The van der Waals surface area contributed by atoms with Gasteiger partial charge in [-0.1, -0.05) is 38.0 Å². The molecular weight excluding hydrogens is 352 g/mol. The highest BCUT2D eigenvalue weighted by Gasteiger charge is 2.16. The molecule has 0 atom stereocenters. The van der Waals surface area contributed by atoms with E-state index in [4.69, 9.17) is 14.5 Å². The molecule has 5 nitrogen and oxygen atoms in total. The topological polar surface area (TPSA) is 60.5 Å². The number of pyridine rings is 1. The summed E-state index contributed by atoms with van der Waals surface area (Å²) in [5.74, 6) is 1.27. The van der Waals surface area contributed by atoms with E-state index in [1.54, 1.807) is 14.2 Å². The number of carbonyl (C=O) groups is 1.